The molecule has 1 aromatic carbocycles. The first-order valence-electron chi connectivity index (χ1n) is 5.10. The lowest BCUT2D eigenvalue weighted by Crippen LogP contribution is -2.38. The highest BCUT2D eigenvalue weighted by Crippen LogP contribution is 2.36. The van der Waals surface area contributed by atoms with E-state index in [0.29, 0.717) is 23.9 Å². The number of hydrogen-bond donors (Lipinski definition) is 1. The fourth-order valence-electron chi connectivity index (χ4n) is 1.24. The van der Waals surface area contributed by atoms with Gasteiger partial charge in [0, 0.05) is 5.54 Å². The van der Waals surface area contributed by atoms with Gasteiger partial charge in [-0.2, -0.15) is 0 Å². The van der Waals surface area contributed by atoms with E-state index in [4.69, 9.17) is 19.9 Å². The van der Waals surface area contributed by atoms with Crippen LogP contribution in [0.15, 0.2) is 18.2 Å². The predicted molar refractivity (Wildman–Crippen MR) is 63.3 cm³/mol. The van der Waals surface area contributed by atoms with Crippen molar-refractivity contribution in [3.8, 4) is 17.2 Å². The topological polar surface area (TPSA) is 53.7 Å². The molecular formula is C12H19NO3. The summed E-state index contributed by atoms with van der Waals surface area (Å²) in [6.07, 6.45) is 0. The molecule has 0 radical (unpaired) electrons. The van der Waals surface area contributed by atoms with Gasteiger partial charge in [-0.05, 0) is 26.0 Å². The standard InChI is InChI=1S/C12H19NO3/c1-12(2,13)8-16-10-7-5-6-9(14-3)11(10)15-4/h5-7H,8,13H2,1-4H3. The molecule has 0 saturated heterocycles. The Hall–Kier alpha value is -1.42. The molecule has 1 rings (SSSR count). The highest BCUT2D eigenvalue weighted by atomic mass is 16.5. The van der Waals surface area contributed by atoms with Gasteiger partial charge in [-0.1, -0.05) is 6.07 Å². The van der Waals surface area contributed by atoms with Gasteiger partial charge in [-0.3, -0.25) is 0 Å². The molecule has 0 aliphatic heterocycles. The fraction of sp³-hybridized carbons (Fsp3) is 0.500. The van der Waals surface area contributed by atoms with E-state index in [9.17, 15) is 0 Å². The number of hydrogen-bond acceptors (Lipinski definition) is 4. The minimum atomic E-state index is -0.381. The van der Waals surface area contributed by atoms with Crippen molar-refractivity contribution < 1.29 is 14.2 Å². The summed E-state index contributed by atoms with van der Waals surface area (Å²) < 4.78 is 16.0. The van der Waals surface area contributed by atoms with Crippen LogP contribution in [0.3, 0.4) is 0 Å². The Bertz CT molecular complexity index is 345. The van der Waals surface area contributed by atoms with Crippen LogP contribution in [-0.4, -0.2) is 26.4 Å². The van der Waals surface area contributed by atoms with Gasteiger partial charge in [0.1, 0.15) is 6.61 Å². The third kappa shape index (κ3) is 3.31. The quantitative estimate of drug-likeness (QED) is 0.830. The zero-order valence-corrected chi connectivity index (χ0v) is 10.2. The van der Waals surface area contributed by atoms with Crippen molar-refractivity contribution >= 4 is 0 Å². The van der Waals surface area contributed by atoms with E-state index in [1.807, 2.05) is 32.0 Å². The molecule has 0 atom stereocenters. The molecule has 0 aliphatic rings. The van der Waals surface area contributed by atoms with Gasteiger partial charge in [-0.25, -0.2) is 0 Å². The Morgan fingerprint density at radius 2 is 1.75 bits per heavy atom. The molecule has 0 aromatic heterocycles. The minimum Gasteiger partial charge on any atom is -0.493 e. The number of methoxy groups -OCH3 is 2. The molecule has 4 nitrogen and oxygen atoms in total. The van der Waals surface area contributed by atoms with Gasteiger partial charge in [0.15, 0.2) is 11.5 Å². The molecule has 0 aliphatic carbocycles. The molecule has 0 fully saturated rings. The Balaban J connectivity index is 2.87. The van der Waals surface area contributed by atoms with Crippen molar-refractivity contribution in [2.45, 2.75) is 19.4 Å². The number of nitrogens with two attached hydrogens (primary N) is 1. The van der Waals surface area contributed by atoms with E-state index in [2.05, 4.69) is 0 Å². The van der Waals surface area contributed by atoms with Crippen molar-refractivity contribution in [3.63, 3.8) is 0 Å². The van der Waals surface area contributed by atoms with Gasteiger partial charge in [0.2, 0.25) is 5.75 Å². The van der Waals surface area contributed by atoms with Crippen LogP contribution in [0.1, 0.15) is 13.8 Å². The second-order valence-corrected chi connectivity index (χ2v) is 4.27. The number of benzene rings is 1. The maximum absolute atomic E-state index is 5.85. The summed E-state index contributed by atoms with van der Waals surface area (Å²) in [6, 6.07) is 5.49. The molecule has 0 saturated carbocycles. The predicted octanol–water partition coefficient (Wildman–Crippen LogP) is 1.82. The van der Waals surface area contributed by atoms with E-state index in [1.54, 1.807) is 14.2 Å². The maximum atomic E-state index is 5.85. The van der Waals surface area contributed by atoms with Crippen LogP contribution in [0.2, 0.25) is 0 Å². The fourth-order valence-corrected chi connectivity index (χ4v) is 1.24. The maximum Gasteiger partial charge on any atom is 0.203 e. The van der Waals surface area contributed by atoms with E-state index < -0.39 is 0 Å². The van der Waals surface area contributed by atoms with Crippen molar-refractivity contribution in [1.29, 1.82) is 0 Å². The van der Waals surface area contributed by atoms with E-state index >= 15 is 0 Å². The largest absolute Gasteiger partial charge is 0.493 e. The van der Waals surface area contributed by atoms with Crippen LogP contribution in [0.5, 0.6) is 17.2 Å². The third-order valence-electron chi connectivity index (χ3n) is 1.97. The van der Waals surface area contributed by atoms with Crippen LogP contribution < -0.4 is 19.9 Å². The highest BCUT2D eigenvalue weighted by Gasteiger charge is 2.15. The zero-order valence-electron chi connectivity index (χ0n) is 10.2. The Kier molecular flexibility index (Phi) is 4.01. The lowest BCUT2D eigenvalue weighted by atomic mass is 10.1. The normalized spacial score (nSPS) is 11.1. The van der Waals surface area contributed by atoms with Crippen molar-refractivity contribution in [2.24, 2.45) is 5.73 Å². The highest BCUT2D eigenvalue weighted by molar-refractivity contribution is 5.51. The Labute approximate surface area is 96.3 Å². The molecule has 0 unspecified atom stereocenters. The van der Waals surface area contributed by atoms with Crippen molar-refractivity contribution in [2.75, 3.05) is 20.8 Å². The van der Waals surface area contributed by atoms with Crippen LogP contribution in [-0.2, 0) is 0 Å². The van der Waals surface area contributed by atoms with E-state index in [0.717, 1.165) is 0 Å². The van der Waals surface area contributed by atoms with E-state index in [1.165, 1.54) is 0 Å². The van der Waals surface area contributed by atoms with Crippen LogP contribution in [0.25, 0.3) is 0 Å². The second kappa shape index (κ2) is 5.07. The molecule has 4 heteroatoms. The molecule has 0 spiro atoms. The van der Waals surface area contributed by atoms with Crippen LogP contribution in [0, 0.1) is 0 Å². The zero-order chi connectivity index (χ0) is 12.2. The first-order valence-corrected chi connectivity index (χ1v) is 5.10. The number of rotatable bonds is 5. The Morgan fingerprint density at radius 3 is 2.25 bits per heavy atom. The number of para-hydroxylation sites is 1. The average Bonchev–Trinajstić information content (AvgIpc) is 2.24. The monoisotopic (exact) mass is 225 g/mol. The number of ether oxygens (including phenoxy) is 3. The molecule has 0 bridgehead atoms. The summed E-state index contributed by atoms with van der Waals surface area (Å²) >= 11 is 0. The molecule has 2 N–H and O–H groups in total. The molecule has 0 amide bonds. The van der Waals surface area contributed by atoms with Gasteiger partial charge in [-0.15, -0.1) is 0 Å². The SMILES string of the molecule is COc1cccc(OCC(C)(C)N)c1OC. The first-order chi connectivity index (χ1) is 7.48. The molecule has 1 aromatic rings. The van der Waals surface area contributed by atoms with Gasteiger partial charge >= 0.3 is 0 Å². The summed E-state index contributed by atoms with van der Waals surface area (Å²) in [4.78, 5) is 0. The summed E-state index contributed by atoms with van der Waals surface area (Å²) in [7, 11) is 3.17. The lowest BCUT2D eigenvalue weighted by molar-refractivity contribution is 0.230. The third-order valence-corrected chi connectivity index (χ3v) is 1.97. The average molecular weight is 225 g/mol. The molecular weight excluding hydrogens is 206 g/mol. The first kappa shape index (κ1) is 12.6. The van der Waals surface area contributed by atoms with Gasteiger partial charge < -0.3 is 19.9 Å². The van der Waals surface area contributed by atoms with Crippen molar-refractivity contribution in [3.05, 3.63) is 18.2 Å². The van der Waals surface area contributed by atoms with Gasteiger partial charge in [0.05, 0.1) is 14.2 Å². The summed E-state index contributed by atoms with van der Waals surface area (Å²) in [5.41, 5.74) is 5.47. The van der Waals surface area contributed by atoms with Gasteiger partial charge in [0.25, 0.3) is 0 Å². The van der Waals surface area contributed by atoms with Crippen LogP contribution >= 0.6 is 0 Å². The smallest absolute Gasteiger partial charge is 0.203 e. The molecule has 0 heterocycles. The summed E-state index contributed by atoms with van der Waals surface area (Å²) in [5.74, 6) is 1.88. The molecule has 16 heavy (non-hydrogen) atoms. The summed E-state index contributed by atoms with van der Waals surface area (Å²) in [6.45, 7) is 4.22. The summed E-state index contributed by atoms with van der Waals surface area (Å²) in [5, 5.41) is 0. The molecule has 90 valence electrons. The van der Waals surface area contributed by atoms with Crippen LogP contribution in [0.4, 0.5) is 0 Å². The van der Waals surface area contributed by atoms with E-state index in [-0.39, 0.29) is 5.54 Å². The minimum absolute atomic E-state index is 0.381. The Morgan fingerprint density at radius 1 is 1.12 bits per heavy atom. The van der Waals surface area contributed by atoms with Crippen molar-refractivity contribution in [1.82, 2.24) is 0 Å². The lowest BCUT2D eigenvalue weighted by Gasteiger charge is -2.20. The second-order valence-electron chi connectivity index (χ2n) is 4.27.